The zero-order valence-electron chi connectivity index (χ0n) is 6.08. The summed E-state index contributed by atoms with van der Waals surface area (Å²) >= 11 is 0. The van der Waals surface area contributed by atoms with Crippen LogP contribution in [0, 0.1) is 11.8 Å². The lowest BCUT2D eigenvalue weighted by Crippen LogP contribution is -1.96. The average molecular weight is 185 g/mol. The van der Waals surface area contributed by atoms with Gasteiger partial charge in [-0.15, -0.1) is 0 Å². The Balaban J connectivity index is 0.000000561. The molecule has 0 spiro atoms. The lowest BCUT2D eigenvalue weighted by molar-refractivity contribution is 0.483. The quantitative estimate of drug-likeness (QED) is 0.664. The molecule has 1 aromatic carbocycles. The third-order valence-corrected chi connectivity index (χ3v) is 1.91. The van der Waals surface area contributed by atoms with E-state index in [9.17, 15) is 8.42 Å². The number of rotatable bonds is 1. The van der Waals surface area contributed by atoms with Crippen LogP contribution < -0.4 is 0 Å². The van der Waals surface area contributed by atoms with Gasteiger partial charge in [-0.3, -0.25) is 4.55 Å². The van der Waals surface area contributed by atoms with Crippen molar-refractivity contribution in [1.29, 1.82) is 5.26 Å². The molecule has 4 nitrogen and oxygen atoms in total. The molecule has 0 atom stereocenters. The summed E-state index contributed by atoms with van der Waals surface area (Å²) in [5.74, 6) is 0. The van der Waals surface area contributed by atoms with Crippen molar-refractivity contribution in [2.75, 3.05) is 0 Å². The number of benzene rings is 1. The predicted octanol–water partition coefficient (Wildman–Crippen LogP) is 1.07. The van der Waals surface area contributed by atoms with Crippen molar-refractivity contribution in [1.82, 2.24) is 0 Å². The molecule has 1 N–H and O–H groups in total. The highest BCUT2D eigenvalue weighted by Crippen LogP contribution is 2.05. The number of hydrogen-bond acceptors (Lipinski definition) is 3. The molecule has 1 aromatic rings. The van der Waals surface area contributed by atoms with Crippen LogP contribution in [0.1, 0.15) is 0 Å². The standard InChI is InChI=1S/C6H6O3S.CHN/c7-10(8,9)6-4-2-1-3-5-6;1-2/h1-5H,(H,7,8,9);1H. The van der Waals surface area contributed by atoms with Crippen molar-refractivity contribution in [2.45, 2.75) is 4.90 Å². The maximum absolute atomic E-state index is 10.4. The van der Waals surface area contributed by atoms with Crippen LogP contribution in [-0.2, 0) is 10.1 Å². The van der Waals surface area contributed by atoms with Crippen molar-refractivity contribution in [3.8, 4) is 6.57 Å². The molecule has 0 unspecified atom stereocenters. The van der Waals surface area contributed by atoms with Crippen LogP contribution in [0.3, 0.4) is 0 Å². The molecule has 0 aliphatic rings. The van der Waals surface area contributed by atoms with Gasteiger partial charge in [0.15, 0.2) is 0 Å². The molecule has 0 aliphatic carbocycles. The second kappa shape index (κ2) is 4.49. The third-order valence-electron chi connectivity index (χ3n) is 1.04. The maximum atomic E-state index is 10.4. The molecule has 0 heterocycles. The molecule has 0 amide bonds. The minimum absolute atomic E-state index is 0.0741. The SMILES string of the molecule is C#N.O=S(=O)(O)c1ccccc1. The summed E-state index contributed by atoms with van der Waals surface area (Å²) in [6, 6.07) is 7.42. The van der Waals surface area contributed by atoms with Gasteiger partial charge in [-0.1, -0.05) is 18.2 Å². The van der Waals surface area contributed by atoms with Crippen molar-refractivity contribution < 1.29 is 13.0 Å². The van der Waals surface area contributed by atoms with Crippen LogP contribution in [0.15, 0.2) is 35.2 Å². The van der Waals surface area contributed by atoms with Gasteiger partial charge in [0.05, 0.1) is 4.90 Å². The molecule has 0 bridgehead atoms. The Morgan fingerprint density at radius 3 is 1.83 bits per heavy atom. The average Bonchev–Trinajstić information content (AvgIpc) is 2.08. The Morgan fingerprint density at radius 1 is 1.17 bits per heavy atom. The van der Waals surface area contributed by atoms with Crippen molar-refractivity contribution >= 4 is 10.1 Å². The van der Waals surface area contributed by atoms with E-state index >= 15 is 0 Å². The van der Waals surface area contributed by atoms with E-state index in [0.717, 1.165) is 0 Å². The molecular weight excluding hydrogens is 178 g/mol. The highest BCUT2D eigenvalue weighted by molar-refractivity contribution is 7.85. The number of nitriles is 1. The molecule has 0 fully saturated rings. The van der Waals surface area contributed by atoms with Crippen LogP contribution >= 0.6 is 0 Å². The molecule has 0 aliphatic heterocycles. The molecule has 1 rings (SSSR count). The largest absolute Gasteiger partial charge is 0.294 e. The first kappa shape index (κ1) is 10.6. The predicted molar refractivity (Wildman–Crippen MR) is 42.9 cm³/mol. The van der Waals surface area contributed by atoms with E-state index in [1.165, 1.54) is 12.1 Å². The van der Waals surface area contributed by atoms with Crippen molar-refractivity contribution in [3.63, 3.8) is 0 Å². The summed E-state index contributed by atoms with van der Waals surface area (Å²) in [4.78, 5) is -0.0741. The monoisotopic (exact) mass is 185 g/mol. The van der Waals surface area contributed by atoms with Gasteiger partial charge in [0.2, 0.25) is 0 Å². The first-order valence-corrected chi connectivity index (χ1v) is 4.33. The zero-order valence-corrected chi connectivity index (χ0v) is 6.90. The van der Waals surface area contributed by atoms with Gasteiger partial charge in [-0.2, -0.15) is 8.42 Å². The van der Waals surface area contributed by atoms with E-state index in [2.05, 4.69) is 6.57 Å². The summed E-state index contributed by atoms with van der Waals surface area (Å²) < 4.78 is 29.2. The van der Waals surface area contributed by atoms with Gasteiger partial charge >= 0.3 is 0 Å². The lowest BCUT2D eigenvalue weighted by atomic mass is 10.4. The molecule has 0 saturated carbocycles. The maximum Gasteiger partial charge on any atom is 0.294 e. The Hall–Kier alpha value is -1.38. The Bertz CT molecular complexity index is 341. The van der Waals surface area contributed by atoms with Gasteiger partial charge in [0.25, 0.3) is 10.1 Å². The molecule has 12 heavy (non-hydrogen) atoms. The Morgan fingerprint density at radius 2 is 1.58 bits per heavy atom. The van der Waals surface area contributed by atoms with Gasteiger partial charge in [0.1, 0.15) is 0 Å². The molecule has 0 saturated heterocycles. The first-order valence-electron chi connectivity index (χ1n) is 2.89. The lowest BCUT2D eigenvalue weighted by Gasteiger charge is -1.92. The second-order valence-electron chi connectivity index (χ2n) is 1.79. The molecular formula is C7H7NO3S. The minimum atomic E-state index is -4.00. The summed E-state index contributed by atoms with van der Waals surface area (Å²) in [5, 5.41) is 6.50. The van der Waals surface area contributed by atoms with E-state index < -0.39 is 10.1 Å². The van der Waals surface area contributed by atoms with E-state index in [-0.39, 0.29) is 4.90 Å². The van der Waals surface area contributed by atoms with Gasteiger partial charge in [-0.25, -0.2) is 5.26 Å². The molecule has 64 valence electrons. The number of nitrogens with zero attached hydrogens (tertiary/aromatic N) is 1. The fraction of sp³-hybridized carbons (Fsp3) is 0. The fourth-order valence-corrected chi connectivity index (χ4v) is 1.09. The first-order chi connectivity index (χ1) is 5.61. The van der Waals surface area contributed by atoms with Crippen LogP contribution in [0.25, 0.3) is 0 Å². The Labute approximate surface area is 70.8 Å². The second-order valence-corrected chi connectivity index (χ2v) is 3.21. The fourth-order valence-electron chi connectivity index (χ4n) is 0.592. The smallest absolute Gasteiger partial charge is 0.282 e. The number of hydrogen-bond donors (Lipinski definition) is 1. The van der Waals surface area contributed by atoms with Crippen molar-refractivity contribution in [3.05, 3.63) is 30.3 Å². The highest BCUT2D eigenvalue weighted by atomic mass is 32.2. The van der Waals surface area contributed by atoms with E-state index in [1.807, 2.05) is 0 Å². The Kier molecular flexibility index (Phi) is 3.97. The van der Waals surface area contributed by atoms with E-state index in [0.29, 0.717) is 0 Å². The van der Waals surface area contributed by atoms with Crippen molar-refractivity contribution in [2.24, 2.45) is 0 Å². The third kappa shape index (κ3) is 3.14. The molecule has 0 radical (unpaired) electrons. The van der Waals surface area contributed by atoms with Crippen LogP contribution in [0.5, 0.6) is 0 Å². The minimum Gasteiger partial charge on any atom is -0.282 e. The van der Waals surface area contributed by atoms with Gasteiger partial charge in [-0.05, 0) is 12.1 Å². The van der Waals surface area contributed by atoms with Crippen LogP contribution in [-0.4, -0.2) is 13.0 Å². The highest BCUT2D eigenvalue weighted by Gasteiger charge is 2.05. The van der Waals surface area contributed by atoms with Gasteiger partial charge < -0.3 is 0 Å². The summed E-state index contributed by atoms with van der Waals surface area (Å²) in [6.45, 7) is 3.50. The molecule has 0 aromatic heterocycles. The summed E-state index contributed by atoms with van der Waals surface area (Å²) in [7, 11) is -4.00. The van der Waals surface area contributed by atoms with Crippen LogP contribution in [0.2, 0.25) is 0 Å². The zero-order chi connectivity index (χ0) is 9.61. The van der Waals surface area contributed by atoms with Crippen LogP contribution in [0.4, 0.5) is 0 Å². The summed E-state index contributed by atoms with van der Waals surface area (Å²) in [5.41, 5.74) is 0. The summed E-state index contributed by atoms with van der Waals surface area (Å²) in [6.07, 6.45) is 0. The topological polar surface area (TPSA) is 78.2 Å². The van der Waals surface area contributed by atoms with Gasteiger partial charge in [0, 0.05) is 6.57 Å². The molecule has 5 heteroatoms. The van der Waals surface area contributed by atoms with E-state index in [4.69, 9.17) is 9.81 Å². The van der Waals surface area contributed by atoms with E-state index in [1.54, 1.807) is 18.2 Å². The normalized spacial score (nSPS) is 9.58.